The maximum absolute atomic E-state index is 14.1. The Balaban J connectivity index is 1.47. The summed E-state index contributed by atoms with van der Waals surface area (Å²) in [6.45, 7) is 8.76. The summed E-state index contributed by atoms with van der Waals surface area (Å²) in [5.74, 6) is -0.0120. The zero-order valence-electron chi connectivity index (χ0n) is 21.1. The normalized spacial score (nSPS) is 23.8. The number of nitrogens with zero attached hydrogens (tertiary/aromatic N) is 2. The molecule has 0 bridgehead atoms. The first kappa shape index (κ1) is 25.3. The molecule has 1 aromatic heterocycles. The monoisotopic (exact) mass is 484 g/mol. The molecule has 190 valence electrons. The van der Waals surface area contributed by atoms with Crippen molar-refractivity contribution in [2.24, 2.45) is 17.8 Å². The molecule has 2 aliphatic rings. The Bertz CT molecular complexity index is 1100. The Hall–Kier alpha value is -2.77. The number of imidazole rings is 1. The number of aromatic nitrogens is 2. The van der Waals surface area contributed by atoms with Crippen molar-refractivity contribution >= 4 is 28.6 Å². The Morgan fingerprint density at radius 2 is 1.97 bits per heavy atom. The van der Waals surface area contributed by atoms with Gasteiger partial charge in [0.05, 0.1) is 18.0 Å². The number of fused-ring (bicyclic) bond motifs is 1. The number of hydrogen-bond donors (Lipinski definition) is 2. The van der Waals surface area contributed by atoms with Crippen molar-refractivity contribution in [3.8, 4) is 0 Å². The molecule has 2 aromatic rings. The molecule has 2 amide bonds. The Kier molecular flexibility index (Phi) is 7.57. The number of nitrogens with one attached hydrogen (secondary N) is 2. The number of Topliss-reactive ketones (excluding diaryl/α,β-unsaturated/α-hetero) is 1. The minimum Gasteiger partial charge on any atom is -0.346 e. The number of carbonyl (C=O) groups is 3. The Morgan fingerprint density at radius 3 is 2.63 bits per heavy atom. The van der Waals surface area contributed by atoms with Gasteiger partial charge >= 0.3 is 0 Å². The van der Waals surface area contributed by atoms with E-state index in [0.29, 0.717) is 29.7 Å². The molecule has 1 aromatic carbocycles. The molecule has 1 aliphatic heterocycles. The Morgan fingerprint density at radius 1 is 1.20 bits per heavy atom. The minimum absolute atomic E-state index is 0.0323. The van der Waals surface area contributed by atoms with Crippen molar-refractivity contribution in [3.63, 3.8) is 0 Å². The van der Waals surface area contributed by atoms with Gasteiger partial charge in [0.15, 0.2) is 11.6 Å². The number of rotatable bonds is 9. The van der Waals surface area contributed by atoms with Gasteiger partial charge in [0.25, 0.3) is 0 Å². The molecular formula is C27H37FN4O3. The van der Waals surface area contributed by atoms with Crippen LogP contribution in [-0.2, 0) is 14.4 Å². The number of aromatic amines is 1. The molecule has 1 aliphatic carbocycles. The van der Waals surface area contributed by atoms with E-state index in [1.807, 2.05) is 18.7 Å². The SMILES string of the molecule is CC(C)C1CC1C(=O)N[C@@H](CC(=O)N1CCCC[C@@H]1C)C(=O)C[C@H](C)c1nc2c(F)cccc2[nH]1. The lowest BCUT2D eigenvalue weighted by Crippen LogP contribution is -2.48. The van der Waals surface area contributed by atoms with Crippen LogP contribution in [0.4, 0.5) is 4.39 Å². The maximum Gasteiger partial charge on any atom is 0.225 e. The fourth-order valence-electron chi connectivity index (χ4n) is 5.33. The van der Waals surface area contributed by atoms with E-state index in [4.69, 9.17) is 0 Å². The first-order valence-electron chi connectivity index (χ1n) is 12.9. The van der Waals surface area contributed by atoms with Gasteiger partial charge in [0, 0.05) is 30.8 Å². The predicted molar refractivity (Wildman–Crippen MR) is 132 cm³/mol. The average molecular weight is 485 g/mol. The lowest BCUT2D eigenvalue weighted by molar-refractivity contribution is -0.138. The van der Waals surface area contributed by atoms with E-state index in [1.165, 1.54) is 6.07 Å². The third-order valence-electron chi connectivity index (χ3n) is 7.70. The zero-order valence-corrected chi connectivity index (χ0v) is 21.1. The second-order valence-corrected chi connectivity index (χ2v) is 10.8. The smallest absolute Gasteiger partial charge is 0.225 e. The van der Waals surface area contributed by atoms with Crippen molar-refractivity contribution < 1.29 is 18.8 Å². The summed E-state index contributed by atoms with van der Waals surface area (Å²) in [5, 5.41) is 2.91. The fourth-order valence-corrected chi connectivity index (χ4v) is 5.33. The molecule has 2 fully saturated rings. The highest BCUT2D eigenvalue weighted by Gasteiger charge is 2.45. The van der Waals surface area contributed by atoms with Crippen LogP contribution in [-0.4, -0.2) is 51.1 Å². The maximum atomic E-state index is 14.1. The zero-order chi connectivity index (χ0) is 25.3. The molecule has 2 unspecified atom stereocenters. The molecule has 8 heteroatoms. The highest BCUT2D eigenvalue weighted by molar-refractivity contribution is 5.94. The van der Waals surface area contributed by atoms with Crippen molar-refractivity contribution in [1.82, 2.24) is 20.2 Å². The molecule has 5 atom stereocenters. The summed E-state index contributed by atoms with van der Waals surface area (Å²) in [6, 6.07) is 3.97. The summed E-state index contributed by atoms with van der Waals surface area (Å²) in [6.07, 6.45) is 3.89. The van der Waals surface area contributed by atoms with Crippen LogP contribution in [0.25, 0.3) is 11.0 Å². The van der Waals surface area contributed by atoms with E-state index in [2.05, 4.69) is 29.1 Å². The minimum atomic E-state index is -0.874. The van der Waals surface area contributed by atoms with Crippen molar-refractivity contribution in [1.29, 1.82) is 0 Å². The van der Waals surface area contributed by atoms with Gasteiger partial charge in [-0.3, -0.25) is 14.4 Å². The van der Waals surface area contributed by atoms with Gasteiger partial charge in [-0.25, -0.2) is 9.37 Å². The number of amides is 2. The molecule has 0 spiro atoms. The van der Waals surface area contributed by atoms with Crippen LogP contribution < -0.4 is 5.32 Å². The van der Waals surface area contributed by atoms with Crippen LogP contribution in [0.15, 0.2) is 18.2 Å². The van der Waals surface area contributed by atoms with Gasteiger partial charge in [-0.15, -0.1) is 0 Å². The molecule has 0 radical (unpaired) electrons. The standard InChI is InChI=1S/C27H37FN4O3/c1-15(2)18-13-19(18)27(35)30-22(14-24(34)32-11-6-5-8-17(32)4)23(33)12-16(3)26-29-21-10-7-9-20(28)25(21)31-26/h7,9-10,15-19,22H,5-6,8,11-14H2,1-4H3,(H,29,31)(H,30,35)/t16-,17-,18?,19?,22-/m0/s1. The van der Waals surface area contributed by atoms with E-state index >= 15 is 0 Å². The number of likely N-dealkylation sites (tertiary alicyclic amines) is 1. The highest BCUT2D eigenvalue weighted by Crippen LogP contribution is 2.44. The molecule has 1 saturated heterocycles. The topological polar surface area (TPSA) is 95.2 Å². The fraction of sp³-hybridized carbons (Fsp3) is 0.630. The third kappa shape index (κ3) is 5.73. The van der Waals surface area contributed by atoms with E-state index < -0.39 is 11.9 Å². The van der Waals surface area contributed by atoms with Crippen LogP contribution in [0.2, 0.25) is 0 Å². The average Bonchev–Trinajstić information content (AvgIpc) is 3.50. The number of benzene rings is 1. The van der Waals surface area contributed by atoms with Gasteiger partial charge < -0.3 is 15.2 Å². The summed E-state index contributed by atoms with van der Waals surface area (Å²) >= 11 is 0. The van der Waals surface area contributed by atoms with Gasteiger partial charge in [0.1, 0.15) is 11.3 Å². The molecule has 1 saturated carbocycles. The first-order valence-corrected chi connectivity index (χ1v) is 12.9. The van der Waals surface area contributed by atoms with Gasteiger partial charge in [-0.1, -0.05) is 26.8 Å². The van der Waals surface area contributed by atoms with E-state index in [0.717, 1.165) is 25.7 Å². The van der Waals surface area contributed by atoms with Gasteiger partial charge in [-0.05, 0) is 56.6 Å². The first-order chi connectivity index (χ1) is 16.7. The predicted octanol–water partition coefficient (Wildman–Crippen LogP) is 4.33. The second-order valence-electron chi connectivity index (χ2n) is 10.8. The summed E-state index contributed by atoms with van der Waals surface area (Å²) in [4.78, 5) is 48.8. The van der Waals surface area contributed by atoms with Crippen molar-refractivity contribution in [2.75, 3.05) is 6.54 Å². The third-order valence-corrected chi connectivity index (χ3v) is 7.70. The van der Waals surface area contributed by atoms with E-state index in [-0.39, 0.29) is 53.8 Å². The van der Waals surface area contributed by atoms with E-state index in [9.17, 15) is 18.8 Å². The van der Waals surface area contributed by atoms with Crippen molar-refractivity contribution in [2.45, 2.75) is 84.2 Å². The van der Waals surface area contributed by atoms with Crippen LogP contribution in [0.5, 0.6) is 0 Å². The number of H-pyrrole nitrogens is 1. The molecule has 2 N–H and O–H groups in total. The molecule has 2 heterocycles. The number of halogens is 1. The second kappa shape index (κ2) is 10.5. The van der Waals surface area contributed by atoms with Crippen LogP contribution in [0.1, 0.15) is 78.0 Å². The number of ketones is 1. The molecule has 7 nitrogen and oxygen atoms in total. The lowest BCUT2D eigenvalue weighted by atomic mass is 9.96. The molecule has 35 heavy (non-hydrogen) atoms. The van der Waals surface area contributed by atoms with Crippen LogP contribution in [0, 0.1) is 23.6 Å². The number of hydrogen-bond acceptors (Lipinski definition) is 4. The molecular weight excluding hydrogens is 447 g/mol. The summed E-state index contributed by atoms with van der Waals surface area (Å²) in [7, 11) is 0. The van der Waals surface area contributed by atoms with E-state index in [1.54, 1.807) is 12.1 Å². The Labute approximate surface area is 206 Å². The number of piperidine rings is 1. The highest BCUT2D eigenvalue weighted by atomic mass is 19.1. The van der Waals surface area contributed by atoms with Crippen LogP contribution in [0.3, 0.4) is 0 Å². The lowest BCUT2D eigenvalue weighted by Gasteiger charge is -2.34. The molecule has 4 rings (SSSR count). The largest absolute Gasteiger partial charge is 0.346 e. The van der Waals surface area contributed by atoms with Crippen molar-refractivity contribution in [3.05, 3.63) is 29.8 Å². The number of carbonyl (C=O) groups excluding carboxylic acids is 3. The number of para-hydroxylation sites is 1. The van der Waals surface area contributed by atoms with Crippen LogP contribution >= 0.6 is 0 Å². The quantitative estimate of drug-likeness (QED) is 0.554. The summed E-state index contributed by atoms with van der Waals surface area (Å²) < 4.78 is 14.1. The van der Waals surface area contributed by atoms with Gasteiger partial charge in [-0.2, -0.15) is 0 Å². The summed E-state index contributed by atoms with van der Waals surface area (Å²) in [5.41, 5.74) is 0.821. The van der Waals surface area contributed by atoms with Gasteiger partial charge in [0.2, 0.25) is 11.8 Å².